The van der Waals surface area contributed by atoms with Crippen LogP contribution in [-0.4, -0.2) is 165 Å². The zero-order chi connectivity index (χ0) is 45.9. The Hall–Kier alpha value is -0.930. The topological polar surface area (TPSA) is 244 Å². The number of aliphatic hydroxyl groups excluding tert-OH is 8. The number of fused-ring (bicyclic) bond motifs is 7. The normalized spacial score (nSPS) is 55.3. The quantitative estimate of drug-likeness (QED) is 0.115. The van der Waals surface area contributed by atoms with E-state index in [0.717, 1.165) is 32.1 Å². The Bertz CT molecular complexity index is 1620. The van der Waals surface area contributed by atoms with Gasteiger partial charge in [-0.05, 0) is 110 Å². The van der Waals surface area contributed by atoms with E-state index in [-0.39, 0.29) is 59.9 Å². The molecular weight excluding hydrogens is 821 g/mol. The highest BCUT2D eigenvalue weighted by Crippen LogP contribution is 2.76. The first-order valence-corrected chi connectivity index (χ1v) is 23.9. The molecule has 26 atom stereocenters. The van der Waals surface area contributed by atoms with Crippen molar-refractivity contribution in [3.8, 4) is 0 Å². The first-order valence-electron chi connectivity index (χ1n) is 23.9. The molecule has 0 radical (unpaired) electrons. The molecule has 4 aliphatic heterocycles. The van der Waals surface area contributed by atoms with E-state index >= 15 is 0 Å². The predicted molar refractivity (Wildman–Crippen MR) is 223 cm³/mol. The smallest absolute Gasteiger partial charge is 0.187 e. The fraction of sp³-hybridized carbons (Fsp3) is 0.979. The monoisotopic (exact) mass is 899 g/mol. The molecule has 4 heterocycles. The summed E-state index contributed by atoms with van der Waals surface area (Å²) in [7, 11) is 0. The molecule has 8 N–H and O–H groups in total. The number of ether oxygens (including phenoxy) is 7. The van der Waals surface area contributed by atoms with Gasteiger partial charge in [0.2, 0.25) is 0 Å². The SMILES string of the molecule is CC(C)C(C)C(O)C1OC2C[C@]3(C)C(CCC4C5(C=O)CCC(O[C@@H]6OC[C@@H](O)[C@H](O)[C@H]6O[C@H]6OC[C@@H](O)[C@H](O)[C@H]6O[C@@H]6O[C@@H](C)[C@H](O)[C@@H](O)[C@H]6O)C(C)(C)C5CCC43C)C2[C@@H]1C. The Labute approximate surface area is 372 Å². The summed E-state index contributed by atoms with van der Waals surface area (Å²) in [6.45, 7) is 18.7. The van der Waals surface area contributed by atoms with Crippen molar-refractivity contribution in [3.63, 3.8) is 0 Å². The molecule has 0 bridgehead atoms. The van der Waals surface area contributed by atoms with Gasteiger partial charge in [-0.25, -0.2) is 0 Å². The molecule has 362 valence electrons. The molecule has 16 nitrogen and oxygen atoms in total. The van der Waals surface area contributed by atoms with Crippen molar-refractivity contribution in [3.05, 3.63) is 0 Å². The summed E-state index contributed by atoms with van der Waals surface area (Å²) < 4.78 is 43.3. The van der Waals surface area contributed by atoms with Gasteiger partial charge in [0.1, 0.15) is 61.2 Å². The van der Waals surface area contributed by atoms with Crippen LogP contribution in [0, 0.1) is 63.1 Å². The standard InChI is InChI=1S/C47H78O16/c1-20(2)21(3)32(51)38-22(4)31-24-10-11-29-45(8,46(24,9)16-27(31)60-38)14-12-28-44(6,7)30(13-15-47(28,29)19-48)61-42-39(34(53)25(49)17-57-42)63-43-40(35(54)26(50)18-58-43)62-41-37(56)36(55)33(52)23(5)59-41/h19-43,49-56H,10-18H2,1-9H3/t21?,22-,23-,24?,25+,26+,27?,28?,29?,30?,31?,32?,33-,34-,35-,36+,37+,38?,39+,40+,41-,42-,43+,45?,46+,47?/m0/s1. The number of hydrogen-bond acceptors (Lipinski definition) is 16. The summed E-state index contributed by atoms with van der Waals surface area (Å²) in [6.07, 6.45) is -12.9. The molecule has 8 rings (SSSR count). The minimum atomic E-state index is -1.73. The Morgan fingerprint density at radius 1 is 0.667 bits per heavy atom. The summed E-state index contributed by atoms with van der Waals surface area (Å²) >= 11 is 0. The molecule has 11 unspecified atom stereocenters. The second-order valence-corrected chi connectivity index (χ2v) is 22.7. The van der Waals surface area contributed by atoms with Crippen LogP contribution in [-0.2, 0) is 38.0 Å². The van der Waals surface area contributed by atoms with Crippen LogP contribution < -0.4 is 0 Å². The number of hydrogen-bond donors (Lipinski definition) is 8. The van der Waals surface area contributed by atoms with E-state index in [9.17, 15) is 45.6 Å². The highest BCUT2D eigenvalue weighted by atomic mass is 16.8. The van der Waals surface area contributed by atoms with Crippen molar-refractivity contribution in [1.82, 2.24) is 0 Å². The number of carbonyl (C=O) groups excluding carboxylic acids is 1. The Balaban J connectivity index is 0.990. The molecule has 4 saturated heterocycles. The van der Waals surface area contributed by atoms with Crippen LogP contribution >= 0.6 is 0 Å². The Kier molecular flexibility index (Phi) is 13.5. The molecule has 0 aromatic rings. The van der Waals surface area contributed by atoms with Crippen molar-refractivity contribution in [1.29, 1.82) is 0 Å². The molecule has 0 aromatic carbocycles. The maximum absolute atomic E-state index is 13.9. The average molecular weight is 899 g/mol. The van der Waals surface area contributed by atoms with Gasteiger partial charge >= 0.3 is 0 Å². The van der Waals surface area contributed by atoms with E-state index in [2.05, 4.69) is 55.4 Å². The van der Waals surface area contributed by atoms with E-state index in [1.54, 1.807) is 0 Å². The van der Waals surface area contributed by atoms with Gasteiger partial charge in [-0.2, -0.15) is 0 Å². The molecule has 0 spiro atoms. The zero-order valence-electron chi connectivity index (χ0n) is 38.6. The molecule has 0 aromatic heterocycles. The lowest BCUT2D eigenvalue weighted by Gasteiger charge is -2.69. The van der Waals surface area contributed by atoms with Crippen molar-refractivity contribution in [2.45, 2.75) is 212 Å². The molecule has 8 aliphatic rings. The first-order chi connectivity index (χ1) is 29.5. The molecule has 63 heavy (non-hydrogen) atoms. The largest absolute Gasteiger partial charge is 0.390 e. The second-order valence-electron chi connectivity index (χ2n) is 22.7. The van der Waals surface area contributed by atoms with Gasteiger partial charge in [-0.1, -0.05) is 55.4 Å². The minimum absolute atomic E-state index is 0.0275. The van der Waals surface area contributed by atoms with Gasteiger partial charge in [-0.15, -0.1) is 0 Å². The third-order valence-corrected chi connectivity index (χ3v) is 19.1. The summed E-state index contributed by atoms with van der Waals surface area (Å²) in [5, 5.41) is 86.6. The van der Waals surface area contributed by atoms with Crippen LogP contribution in [0.25, 0.3) is 0 Å². The van der Waals surface area contributed by atoms with Gasteiger partial charge in [-0.3, -0.25) is 0 Å². The van der Waals surface area contributed by atoms with Crippen LogP contribution in [0.1, 0.15) is 107 Å². The van der Waals surface area contributed by atoms with Crippen LogP contribution in [0.15, 0.2) is 0 Å². The van der Waals surface area contributed by atoms with Gasteiger partial charge in [0.25, 0.3) is 0 Å². The lowest BCUT2D eigenvalue weighted by molar-refractivity contribution is -0.381. The first kappa shape index (κ1) is 48.5. The lowest BCUT2D eigenvalue weighted by Crippen LogP contribution is -2.66. The predicted octanol–water partition coefficient (Wildman–Crippen LogP) is 1.66. The second kappa shape index (κ2) is 17.5. The molecule has 4 saturated carbocycles. The van der Waals surface area contributed by atoms with Crippen LogP contribution in [0.2, 0.25) is 0 Å². The van der Waals surface area contributed by atoms with Crippen molar-refractivity contribution in [2.24, 2.45) is 63.1 Å². The Morgan fingerprint density at radius 2 is 1.27 bits per heavy atom. The van der Waals surface area contributed by atoms with E-state index in [0.29, 0.717) is 30.6 Å². The molecule has 4 aliphatic carbocycles. The van der Waals surface area contributed by atoms with Gasteiger partial charge < -0.3 is 78.8 Å². The van der Waals surface area contributed by atoms with Gasteiger partial charge in [0.05, 0.1) is 43.7 Å². The van der Waals surface area contributed by atoms with Crippen LogP contribution in [0.5, 0.6) is 0 Å². The van der Waals surface area contributed by atoms with E-state index in [4.69, 9.17) is 33.2 Å². The van der Waals surface area contributed by atoms with Gasteiger partial charge in [0.15, 0.2) is 18.9 Å². The fourth-order valence-corrected chi connectivity index (χ4v) is 14.9. The van der Waals surface area contributed by atoms with Crippen molar-refractivity contribution < 1.29 is 78.8 Å². The summed E-state index contributed by atoms with van der Waals surface area (Å²) in [5.74, 6) is 1.65. The highest BCUT2D eigenvalue weighted by molar-refractivity contribution is 5.62. The third-order valence-electron chi connectivity index (χ3n) is 19.1. The number of rotatable bonds is 10. The fourth-order valence-electron chi connectivity index (χ4n) is 14.9. The van der Waals surface area contributed by atoms with E-state index in [1.165, 1.54) is 13.2 Å². The maximum atomic E-state index is 13.9. The maximum Gasteiger partial charge on any atom is 0.187 e. The molecule has 8 fully saturated rings. The lowest BCUT2D eigenvalue weighted by atomic mass is 9.35. The number of aldehydes is 1. The zero-order valence-corrected chi connectivity index (χ0v) is 38.6. The van der Waals surface area contributed by atoms with Crippen LogP contribution in [0.3, 0.4) is 0 Å². The molecular formula is C47H78O16. The van der Waals surface area contributed by atoms with E-state index in [1.807, 2.05) is 0 Å². The van der Waals surface area contributed by atoms with E-state index < -0.39 is 103 Å². The molecule has 16 heteroatoms. The minimum Gasteiger partial charge on any atom is -0.390 e. The third kappa shape index (κ3) is 7.63. The van der Waals surface area contributed by atoms with Crippen molar-refractivity contribution in [2.75, 3.05) is 13.2 Å². The van der Waals surface area contributed by atoms with Crippen molar-refractivity contribution >= 4 is 6.29 Å². The number of carbonyl (C=O) groups is 1. The highest BCUT2D eigenvalue weighted by Gasteiger charge is 2.73. The summed E-state index contributed by atoms with van der Waals surface area (Å²) in [5.41, 5.74) is -1.29. The summed E-state index contributed by atoms with van der Waals surface area (Å²) in [4.78, 5) is 13.9. The average Bonchev–Trinajstić information content (AvgIpc) is 3.72. The van der Waals surface area contributed by atoms with Gasteiger partial charge in [0, 0.05) is 5.41 Å². The summed E-state index contributed by atoms with van der Waals surface area (Å²) in [6, 6.07) is 0. The molecule has 0 amide bonds. The Morgan fingerprint density at radius 3 is 1.87 bits per heavy atom. The number of aliphatic hydroxyl groups is 8. The van der Waals surface area contributed by atoms with Crippen LogP contribution in [0.4, 0.5) is 0 Å².